The Bertz CT molecular complexity index is 1380. The summed E-state index contributed by atoms with van der Waals surface area (Å²) in [6, 6.07) is 18.6. The Kier molecular flexibility index (Phi) is 7.94. The molecule has 0 aromatic heterocycles. The molecule has 0 radical (unpaired) electrons. The number of anilines is 1. The summed E-state index contributed by atoms with van der Waals surface area (Å²) in [5.74, 6) is -0.858. The first-order valence-corrected chi connectivity index (χ1v) is 13.5. The first kappa shape index (κ1) is 28.1. The maximum atomic E-state index is 14.0. The Morgan fingerprint density at radius 1 is 0.947 bits per heavy atom. The highest BCUT2D eigenvalue weighted by Gasteiger charge is 2.54. The van der Waals surface area contributed by atoms with Crippen molar-refractivity contribution in [3.05, 3.63) is 97.9 Å². The van der Waals surface area contributed by atoms with Gasteiger partial charge in [-0.2, -0.15) is 0 Å². The molecule has 0 saturated carbocycles. The Labute approximate surface area is 240 Å². The zero-order valence-corrected chi connectivity index (χ0v) is 24.5. The van der Waals surface area contributed by atoms with Crippen LogP contribution < -0.4 is 4.90 Å². The zero-order valence-electron chi connectivity index (χ0n) is 21.4. The van der Waals surface area contributed by atoms with Gasteiger partial charge in [-0.05, 0) is 81.3 Å². The van der Waals surface area contributed by atoms with Crippen LogP contribution in [0.3, 0.4) is 0 Å². The van der Waals surface area contributed by atoms with E-state index in [1.807, 2.05) is 30.3 Å². The van der Waals surface area contributed by atoms with Gasteiger partial charge in [-0.1, -0.05) is 63.4 Å². The molecule has 3 amide bonds. The molecular formula is C29H27BrCl2N2O4. The monoisotopic (exact) mass is 616 g/mol. The van der Waals surface area contributed by atoms with E-state index >= 15 is 0 Å². The van der Waals surface area contributed by atoms with Crippen molar-refractivity contribution in [3.63, 3.8) is 0 Å². The minimum atomic E-state index is -1.22. The summed E-state index contributed by atoms with van der Waals surface area (Å²) in [7, 11) is 0. The van der Waals surface area contributed by atoms with Crippen molar-refractivity contribution in [3.8, 4) is 0 Å². The van der Waals surface area contributed by atoms with Crippen molar-refractivity contribution in [2.45, 2.75) is 51.8 Å². The summed E-state index contributed by atoms with van der Waals surface area (Å²) in [6.07, 6.45) is 0.279. The minimum Gasteiger partial charge on any atom is -0.456 e. The van der Waals surface area contributed by atoms with Crippen LogP contribution in [0.5, 0.6) is 0 Å². The van der Waals surface area contributed by atoms with Crippen molar-refractivity contribution in [2.24, 2.45) is 0 Å². The number of esters is 1. The van der Waals surface area contributed by atoms with Crippen LogP contribution in [0.25, 0.3) is 0 Å². The van der Waals surface area contributed by atoms with Gasteiger partial charge in [-0.3, -0.25) is 4.79 Å². The third-order valence-electron chi connectivity index (χ3n) is 6.15. The van der Waals surface area contributed by atoms with Gasteiger partial charge in [0.2, 0.25) is 0 Å². The molecule has 1 atom stereocenters. The van der Waals surface area contributed by atoms with E-state index in [9.17, 15) is 14.4 Å². The lowest BCUT2D eigenvalue weighted by molar-refractivity contribution is -0.124. The summed E-state index contributed by atoms with van der Waals surface area (Å²) in [5, 5.41) is 0.623. The molecule has 0 spiro atoms. The van der Waals surface area contributed by atoms with Crippen LogP contribution in [0.4, 0.5) is 10.5 Å². The number of nitrogens with zero attached hydrogens (tertiary/aromatic N) is 2. The van der Waals surface area contributed by atoms with Crippen LogP contribution in [0.15, 0.2) is 71.2 Å². The van der Waals surface area contributed by atoms with E-state index < -0.39 is 29.0 Å². The first-order valence-electron chi connectivity index (χ1n) is 12.0. The largest absolute Gasteiger partial charge is 0.456 e. The lowest BCUT2D eigenvalue weighted by Gasteiger charge is -2.32. The molecule has 6 nitrogen and oxygen atoms in total. The summed E-state index contributed by atoms with van der Waals surface area (Å²) >= 11 is 15.8. The smallest absolute Gasteiger partial charge is 0.338 e. The molecule has 1 fully saturated rings. The fraction of sp³-hybridized carbons (Fsp3) is 0.276. The molecule has 4 rings (SSSR count). The van der Waals surface area contributed by atoms with Gasteiger partial charge in [0, 0.05) is 27.5 Å². The highest BCUT2D eigenvalue weighted by atomic mass is 79.9. The maximum absolute atomic E-state index is 14.0. The van der Waals surface area contributed by atoms with Gasteiger partial charge in [0.1, 0.15) is 11.1 Å². The maximum Gasteiger partial charge on any atom is 0.338 e. The lowest BCUT2D eigenvalue weighted by Crippen LogP contribution is -2.48. The number of benzene rings is 3. The molecule has 1 aliphatic rings. The van der Waals surface area contributed by atoms with E-state index in [4.69, 9.17) is 27.9 Å². The van der Waals surface area contributed by atoms with Crippen LogP contribution in [0.2, 0.25) is 10.0 Å². The highest BCUT2D eigenvalue weighted by molar-refractivity contribution is 9.10. The van der Waals surface area contributed by atoms with Gasteiger partial charge in [0.15, 0.2) is 0 Å². The molecular weight excluding hydrogens is 591 g/mol. The SMILES string of the molecule is CC(C)(C)OC(=O)c1cccc(CN2C(=O)N(c3cc(Cl)cc(Cl)c3)C(=O)C2(C)Cc2ccc(Br)cc2)c1. The standard InChI is InChI=1S/C29H27BrCl2N2O4/c1-28(2,3)38-25(35)20-7-5-6-19(12-20)17-33-27(37)34(24-14-22(31)13-23(32)15-24)26(36)29(33,4)16-18-8-10-21(30)11-9-18/h5-15H,16-17H2,1-4H3. The average Bonchev–Trinajstić information content (AvgIpc) is 2.99. The van der Waals surface area contributed by atoms with Gasteiger partial charge in [0.05, 0.1) is 11.3 Å². The summed E-state index contributed by atoms with van der Waals surface area (Å²) in [4.78, 5) is 43.1. The van der Waals surface area contributed by atoms with Gasteiger partial charge in [-0.15, -0.1) is 0 Å². The number of amides is 3. The van der Waals surface area contributed by atoms with Crippen LogP contribution in [0, 0.1) is 0 Å². The second kappa shape index (κ2) is 10.7. The fourth-order valence-electron chi connectivity index (χ4n) is 4.40. The van der Waals surface area contributed by atoms with E-state index in [0.717, 1.165) is 14.9 Å². The predicted molar refractivity (Wildman–Crippen MR) is 153 cm³/mol. The summed E-state index contributed by atoms with van der Waals surface area (Å²) < 4.78 is 6.41. The molecule has 9 heteroatoms. The minimum absolute atomic E-state index is 0.0963. The van der Waals surface area contributed by atoms with Crippen molar-refractivity contribution in [2.75, 3.05) is 4.90 Å². The van der Waals surface area contributed by atoms with Crippen molar-refractivity contribution in [1.29, 1.82) is 0 Å². The number of hydrogen-bond donors (Lipinski definition) is 0. The van der Waals surface area contributed by atoms with Gasteiger partial charge >= 0.3 is 12.0 Å². The topological polar surface area (TPSA) is 66.9 Å². The average molecular weight is 618 g/mol. The summed E-state index contributed by atoms with van der Waals surface area (Å²) in [6.45, 7) is 7.24. The van der Waals surface area contributed by atoms with E-state index in [2.05, 4.69) is 15.9 Å². The molecule has 3 aromatic carbocycles. The second-order valence-electron chi connectivity index (χ2n) is 10.4. The molecule has 198 valence electrons. The molecule has 1 saturated heterocycles. The molecule has 1 heterocycles. The Balaban J connectivity index is 1.73. The quantitative estimate of drug-likeness (QED) is 0.210. The predicted octanol–water partition coefficient (Wildman–Crippen LogP) is 7.68. The molecule has 0 aliphatic carbocycles. The Morgan fingerprint density at radius 2 is 1.58 bits per heavy atom. The molecule has 1 unspecified atom stereocenters. The molecule has 0 N–H and O–H groups in total. The number of hydrogen-bond acceptors (Lipinski definition) is 4. The van der Waals surface area contributed by atoms with Crippen LogP contribution in [-0.4, -0.2) is 33.9 Å². The third-order valence-corrected chi connectivity index (χ3v) is 7.12. The van der Waals surface area contributed by atoms with Gasteiger partial charge in [0.25, 0.3) is 5.91 Å². The fourth-order valence-corrected chi connectivity index (χ4v) is 5.18. The zero-order chi connectivity index (χ0) is 27.8. The number of carbonyl (C=O) groups excluding carboxylic acids is 3. The van der Waals surface area contributed by atoms with Crippen molar-refractivity contribution >= 4 is 62.7 Å². The van der Waals surface area contributed by atoms with E-state index in [1.165, 1.54) is 17.0 Å². The number of carbonyl (C=O) groups is 3. The molecule has 1 aliphatic heterocycles. The highest BCUT2D eigenvalue weighted by Crippen LogP contribution is 2.38. The number of imide groups is 1. The van der Waals surface area contributed by atoms with Gasteiger partial charge < -0.3 is 9.64 Å². The molecule has 38 heavy (non-hydrogen) atoms. The number of halogens is 3. The Morgan fingerprint density at radius 3 is 2.18 bits per heavy atom. The second-order valence-corrected chi connectivity index (χ2v) is 12.2. The summed E-state index contributed by atoms with van der Waals surface area (Å²) in [5.41, 5.74) is 0.361. The first-order chi connectivity index (χ1) is 17.8. The normalized spacial score (nSPS) is 17.8. The van der Waals surface area contributed by atoms with E-state index in [1.54, 1.807) is 52.0 Å². The lowest BCUT2D eigenvalue weighted by atomic mass is 9.90. The third kappa shape index (κ3) is 6.06. The van der Waals surface area contributed by atoms with Crippen LogP contribution >= 0.6 is 39.1 Å². The number of ether oxygens (including phenoxy) is 1. The van der Waals surface area contributed by atoms with E-state index in [-0.39, 0.29) is 13.0 Å². The van der Waals surface area contributed by atoms with Crippen molar-refractivity contribution in [1.82, 2.24) is 4.90 Å². The Hall–Kier alpha value is -2.87. The van der Waals surface area contributed by atoms with E-state index in [0.29, 0.717) is 26.9 Å². The molecule has 0 bridgehead atoms. The number of rotatable bonds is 6. The number of urea groups is 1. The van der Waals surface area contributed by atoms with Gasteiger partial charge in [-0.25, -0.2) is 14.5 Å². The van der Waals surface area contributed by atoms with Crippen LogP contribution in [-0.2, 0) is 22.5 Å². The van der Waals surface area contributed by atoms with Crippen LogP contribution in [0.1, 0.15) is 49.2 Å². The molecule has 3 aromatic rings. The van der Waals surface area contributed by atoms with Crippen molar-refractivity contribution < 1.29 is 19.1 Å².